The van der Waals surface area contributed by atoms with Crippen LogP contribution in [0.15, 0.2) is 47.4 Å². The van der Waals surface area contributed by atoms with Crippen molar-refractivity contribution >= 4 is 15.9 Å². The topological polar surface area (TPSA) is 94.2 Å². The molecule has 0 saturated carbocycles. The smallest absolute Gasteiger partial charge is 0.264 e. The van der Waals surface area contributed by atoms with Crippen LogP contribution in [-0.4, -0.2) is 39.7 Å². The standard InChI is InChI=1S/C17H18N2O6S/c1-19(23-2)26(21,22)14-5-3-4-13(9-14)17(20)18-10-12-6-7-15-16(8-12)25-11-24-15/h3-9H,10-11H2,1-2H3,(H,18,20). The molecule has 138 valence electrons. The summed E-state index contributed by atoms with van der Waals surface area (Å²) in [6.45, 7) is 0.451. The Morgan fingerprint density at radius 2 is 1.96 bits per heavy atom. The average Bonchev–Trinajstić information content (AvgIpc) is 3.13. The zero-order chi connectivity index (χ0) is 18.7. The van der Waals surface area contributed by atoms with Gasteiger partial charge in [0.15, 0.2) is 11.5 Å². The molecule has 0 saturated heterocycles. The maximum absolute atomic E-state index is 12.4. The van der Waals surface area contributed by atoms with Gasteiger partial charge in [0.05, 0.1) is 12.0 Å². The summed E-state index contributed by atoms with van der Waals surface area (Å²) in [6, 6.07) is 11.1. The molecule has 0 atom stereocenters. The third-order valence-electron chi connectivity index (χ3n) is 3.88. The Hall–Kier alpha value is -2.62. The highest BCUT2D eigenvalue weighted by molar-refractivity contribution is 7.89. The van der Waals surface area contributed by atoms with Crippen molar-refractivity contribution in [2.45, 2.75) is 11.4 Å². The molecule has 1 amide bonds. The third-order valence-corrected chi connectivity index (χ3v) is 5.56. The first-order valence-corrected chi connectivity index (χ1v) is 9.15. The quantitative estimate of drug-likeness (QED) is 0.766. The normalized spacial score (nSPS) is 13.0. The number of nitrogens with one attached hydrogen (secondary N) is 1. The fraction of sp³-hybridized carbons (Fsp3) is 0.235. The SMILES string of the molecule is CON(C)S(=O)(=O)c1cccc(C(=O)NCc2ccc3c(c2)OCO3)c1. The maximum Gasteiger partial charge on any atom is 0.264 e. The summed E-state index contributed by atoms with van der Waals surface area (Å²) in [6.07, 6.45) is 0. The van der Waals surface area contributed by atoms with Crippen molar-refractivity contribution in [1.82, 2.24) is 9.79 Å². The highest BCUT2D eigenvalue weighted by atomic mass is 32.2. The number of hydrogen-bond acceptors (Lipinski definition) is 6. The van der Waals surface area contributed by atoms with Crippen molar-refractivity contribution in [3.8, 4) is 11.5 Å². The number of carbonyl (C=O) groups is 1. The highest BCUT2D eigenvalue weighted by Gasteiger charge is 2.22. The Labute approximate surface area is 151 Å². The minimum atomic E-state index is -3.82. The molecule has 2 aromatic carbocycles. The Balaban J connectivity index is 1.71. The molecule has 0 radical (unpaired) electrons. The fourth-order valence-corrected chi connectivity index (χ4v) is 3.40. The van der Waals surface area contributed by atoms with Crippen LogP contribution in [0.3, 0.4) is 0 Å². The maximum atomic E-state index is 12.4. The van der Waals surface area contributed by atoms with Crippen LogP contribution >= 0.6 is 0 Å². The summed E-state index contributed by atoms with van der Waals surface area (Å²) in [5.41, 5.74) is 1.07. The van der Waals surface area contributed by atoms with E-state index in [1.54, 1.807) is 18.2 Å². The minimum Gasteiger partial charge on any atom is -0.454 e. The van der Waals surface area contributed by atoms with Gasteiger partial charge in [0.25, 0.3) is 15.9 Å². The molecule has 2 aromatic rings. The molecule has 9 heteroatoms. The van der Waals surface area contributed by atoms with E-state index in [0.717, 1.165) is 10.0 Å². The molecule has 8 nitrogen and oxygen atoms in total. The molecule has 1 heterocycles. The number of ether oxygens (including phenoxy) is 2. The lowest BCUT2D eigenvalue weighted by molar-refractivity contribution is -0.0258. The van der Waals surface area contributed by atoms with E-state index >= 15 is 0 Å². The molecule has 0 aromatic heterocycles. The summed E-state index contributed by atoms with van der Waals surface area (Å²) in [7, 11) is -1.29. The second-order valence-electron chi connectivity index (χ2n) is 5.50. The Morgan fingerprint density at radius 1 is 1.19 bits per heavy atom. The van der Waals surface area contributed by atoms with Crippen molar-refractivity contribution in [3.05, 3.63) is 53.6 Å². The van der Waals surface area contributed by atoms with Gasteiger partial charge >= 0.3 is 0 Å². The summed E-state index contributed by atoms with van der Waals surface area (Å²) in [5, 5.41) is 2.75. The zero-order valence-corrected chi connectivity index (χ0v) is 15.1. The molecule has 3 rings (SSSR count). The fourth-order valence-electron chi connectivity index (χ4n) is 2.38. The first kappa shape index (κ1) is 18.2. The van der Waals surface area contributed by atoms with Gasteiger partial charge in [-0.05, 0) is 35.9 Å². The van der Waals surface area contributed by atoms with Crippen LogP contribution in [0.25, 0.3) is 0 Å². The molecule has 0 spiro atoms. The summed E-state index contributed by atoms with van der Waals surface area (Å²) in [5.74, 6) is 0.910. The van der Waals surface area contributed by atoms with E-state index in [2.05, 4.69) is 5.32 Å². The lowest BCUT2D eigenvalue weighted by Crippen LogP contribution is -2.27. The van der Waals surface area contributed by atoms with Crippen LogP contribution in [0.1, 0.15) is 15.9 Å². The van der Waals surface area contributed by atoms with Crippen LogP contribution in [0.4, 0.5) is 0 Å². The number of sulfonamides is 1. The Kier molecular flexibility index (Phi) is 5.12. The molecule has 1 aliphatic rings. The lowest BCUT2D eigenvalue weighted by atomic mass is 10.2. The van der Waals surface area contributed by atoms with E-state index in [0.29, 0.717) is 11.5 Å². The van der Waals surface area contributed by atoms with Crippen molar-refractivity contribution in [2.75, 3.05) is 21.0 Å². The average molecular weight is 378 g/mol. The highest BCUT2D eigenvalue weighted by Crippen LogP contribution is 2.32. The Morgan fingerprint density at radius 3 is 2.73 bits per heavy atom. The predicted octanol–water partition coefficient (Wildman–Crippen LogP) is 1.53. The zero-order valence-electron chi connectivity index (χ0n) is 14.3. The molecular formula is C17H18N2O6S. The molecular weight excluding hydrogens is 360 g/mol. The third kappa shape index (κ3) is 3.64. The van der Waals surface area contributed by atoms with Crippen molar-refractivity contribution in [3.63, 3.8) is 0 Å². The first-order valence-electron chi connectivity index (χ1n) is 7.71. The summed E-state index contributed by atoms with van der Waals surface area (Å²) < 4.78 is 35.8. The molecule has 26 heavy (non-hydrogen) atoms. The second kappa shape index (κ2) is 7.32. The van der Waals surface area contributed by atoms with Gasteiger partial charge in [-0.15, -0.1) is 0 Å². The van der Waals surface area contributed by atoms with Gasteiger partial charge in [-0.2, -0.15) is 0 Å². The van der Waals surface area contributed by atoms with Crippen LogP contribution in [-0.2, 0) is 21.4 Å². The summed E-state index contributed by atoms with van der Waals surface area (Å²) in [4.78, 5) is 17.1. The van der Waals surface area contributed by atoms with Gasteiger partial charge in [0.1, 0.15) is 0 Å². The van der Waals surface area contributed by atoms with E-state index < -0.39 is 10.0 Å². The van der Waals surface area contributed by atoms with Crippen LogP contribution in [0.2, 0.25) is 0 Å². The number of nitrogens with zero attached hydrogens (tertiary/aromatic N) is 1. The Bertz CT molecular complexity index is 929. The molecule has 0 unspecified atom stereocenters. The molecule has 0 fully saturated rings. The van der Waals surface area contributed by atoms with Gasteiger partial charge < -0.3 is 14.8 Å². The van der Waals surface area contributed by atoms with Gasteiger partial charge in [0.2, 0.25) is 6.79 Å². The van der Waals surface area contributed by atoms with Gasteiger partial charge in [-0.1, -0.05) is 16.6 Å². The van der Waals surface area contributed by atoms with Gasteiger partial charge in [0, 0.05) is 19.2 Å². The van der Waals surface area contributed by atoms with Crippen LogP contribution in [0.5, 0.6) is 11.5 Å². The molecule has 0 aliphatic carbocycles. The number of fused-ring (bicyclic) bond motifs is 1. The van der Waals surface area contributed by atoms with Crippen molar-refractivity contribution in [1.29, 1.82) is 0 Å². The van der Waals surface area contributed by atoms with Crippen LogP contribution in [0, 0.1) is 0 Å². The molecule has 1 aliphatic heterocycles. The lowest BCUT2D eigenvalue weighted by Gasteiger charge is -2.14. The van der Waals surface area contributed by atoms with Crippen molar-refractivity contribution < 1.29 is 27.5 Å². The van der Waals surface area contributed by atoms with E-state index in [1.807, 2.05) is 6.07 Å². The number of amides is 1. The van der Waals surface area contributed by atoms with Gasteiger partial charge in [-0.25, -0.2) is 8.42 Å². The van der Waals surface area contributed by atoms with E-state index in [1.165, 1.54) is 32.4 Å². The van der Waals surface area contributed by atoms with Crippen molar-refractivity contribution in [2.24, 2.45) is 0 Å². The van der Waals surface area contributed by atoms with E-state index in [-0.39, 0.29) is 29.7 Å². The molecule has 0 bridgehead atoms. The molecule has 1 N–H and O–H groups in total. The van der Waals surface area contributed by atoms with E-state index in [4.69, 9.17) is 14.3 Å². The van der Waals surface area contributed by atoms with E-state index in [9.17, 15) is 13.2 Å². The number of rotatable bonds is 6. The van der Waals surface area contributed by atoms with Crippen LogP contribution < -0.4 is 14.8 Å². The monoisotopic (exact) mass is 378 g/mol. The number of benzene rings is 2. The largest absolute Gasteiger partial charge is 0.454 e. The first-order chi connectivity index (χ1) is 12.4. The number of hydroxylamine groups is 1. The summed E-state index contributed by atoms with van der Waals surface area (Å²) >= 11 is 0. The van der Waals surface area contributed by atoms with Gasteiger partial charge in [-0.3, -0.25) is 9.63 Å². The predicted molar refractivity (Wildman–Crippen MR) is 92.1 cm³/mol. The minimum absolute atomic E-state index is 0.0300. The second-order valence-corrected chi connectivity index (χ2v) is 7.43. The number of carbonyl (C=O) groups excluding carboxylic acids is 1. The number of hydrogen-bond donors (Lipinski definition) is 1.